The number of pyridine rings is 1. The Balaban J connectivity index is 2.90. The third-order valence-electron chi connectivity index (χ3n) is 1.33. The van der Waals surface area contributed by atoms with Gasteiger partial charge in [-0.25, -0.2) is 4.98 Å². The summed E-state index contributed by atoms with van der Waals surface area (Å²) in [4.78, 5) is 1.51. The maximum atomic E-state index is 13.0. The van der Waals surface area contributed by atoms with Gasteiger partial charge in [-0.15, -0.1) is 0 Å². The van der Waals surface area contributed by atoms with Crippen LogP contribution in [-0.2, 0) is 11.2 Å². The molecule has 1 unspecified atom stereocenters. The van der Waals surface area contributed by atoms with Gasteiger partial charge in [-0.2, -0.15) is 8.78 Å². The molecule has 0 amide bonds. The van der Waals surface area contributed by atoms with Crippen LogP contribution in [0.25, 0.3) is 0 Å². The molecule has 1 aromatic rings. The quantitative estimate of drug-likeness (QED) is 0.618. The van der Waals surface area contributed by atoms with Crippen molar-refractivity contribution in [2.45, 2.75) is 15.1 Å². The standard InChI is InChI=1S/C7H5Cl2F2NOS/c8-6(9)7(10,11)14(13)5-3-1-2-4-12-5/h1-4,6H. The molecule has 78 valence electrons. The van der Waals surface area contributed by atoms with Crippen LogP contribution in [0.5, 0.6) is 0 Å². The molecule has 0 aliphatic rings. The van der Waals surface area contributed by atoms with Crippen LogP contribution in [0.15, 0.2) is 29.4 Å². The Bertz CT molecular complexity index is 299. The lowest BCUT2D eigenvalue weighted by atomic mass is 10.5. The van der Waals surface area contributed by atoms with Gasteiger partial charge in [0.1, 0.15) is 0 Å². The third-order valence-corrected chi connectivity index (χ3v) is 3.49. The highest BCUT2D eigenvalue weighted by Crippen LogP contribution is 2.35. The molecule has 0 fully saturated rings. The van der Waals surface area contributed by atoms with Crippen molar-refractivity contribution in [2.24, 2.45) is 0 Å². The molecular formula is C7H5Cl2F2NOS. The van der Waals surface area contributed by atoms with Crippen molar-refractivity contribution >= 4 is 34.4 Å². The van der Waals surface area contributed by atoms with Gasteiger partial charge >= 0.3 is 5.25 Å². The summed E-state index contributed by atoms with van der Waals surface area (Å²) in [6.07, 6.45) is 1.26. The highest BCUT2D eigenvalue weighted by molar-refractivity contribution is 7.92. The molecule has 0 saturated carbocycles. The van der Waals surface area contributed by atoms with Gasteiger partial charge < -0.3 is 4.55 Å². The van der Waals surface area contributed by atoms with E-state index < -0.39 is 21.3 Å². The Morgan fingerprint density at radius 2 is 2.07 bits per heavy atom. The maximum Gasteiger partial charge on any atom is 0.443 e. The second-order valence-corrected chi connectivity index (χ2v) is 4.90. The largest absolute Gasteiger partial charge is 0.605 e. The minimum absolute atomic E-state index is 0.246. The zero-order valence-corrected chi connectivity index (χ0v) is 8.99. The van der Waals surface area contributed by atoms with Crippen molar-refractivity contribution in [3.63, 3.8) is 0 Å². The lowest BCUT2D eigenvalue weighted by Crippen LogP contribution is -2.35. The van der Waals surface area contributed by atoms with Crippen LogP contribution in [0.3, 0.4) is 0 Å². The van der Waals surface area contributed by atoms with Crippen molar-refractivity contribution in [2.75, 3.05) is 0 Å². The van der Waals surface area contributed by atoms with Crippen LogP contribution in [-0.4, -0.2) is 19.6 Å². The van der Waals surface area contributed by atoms with Gasteiger partial charge in [0.15, 0.2) is 0 Å². The second kappa shape index (κ2) is 4.61. The van der Waals surface area contributed by atoms with Crippen molar-refractivity contribution < 1.29 is 13.3 Å². The molecule has 0 N–H and O–H groups in total. The summed E-state index contributed by atoms with van der Waals surface area (Å²) in [6.45, 7) is 0. The number of halogens is 4. The minimum Gasteiger partial charge on any atom is -0.605 e. The Labute approximate surface area is 92.4 Å². The van der Waals surface area contributed by atoms with Crippen LogP contribution >= 0.6 is 23.2 Å². The number of aromatic nitrogens is 1. The molecule has 0 aromatic carbocycles. The van der Waals surface area contributed by atoms with Gasteiger partial charge in [-0.3, -0.25) is 0 Å². The molecule has 0 spiro atoms. The molecule has 1 rings (SSSR count). The van der Waals surface area contributed by atoms with E-state index in [1.165, 1.54) is 24.4 Å². The highest BCUT2D eigenvalue weighted by atomic mass is 35.5. The first-order chi connectivity index (χ1) is 6.46. The average molecular weight is 260 g/mol. The van der Waals surface area contributed by atoms with Crippen molar-refractivity contribution in [1.82, 2.24) is 4.98 Å². The van der Waals surface area contributed by atoms with Gasteiger partial charge in [-0.1, -0.05) is 29.3 Å². The topological polar surface area (TPSA) is 36.0 Å². The summed E-state index contributed by atoms with van der Waals surface area (Å²) in [5.41, 5.74) is 0. The van der Waals surface area contributed by atoms with Gasteiger partial charge in [-0.05, 0) is 6.07 Å². The van der Waals surface area contributed by atoms with E-state index in [4.69, 9.17) is 23.2 Å². The zero-order valence-electron chi connectivity index (χ0n) is 6.66. The summed E-state index contributed by atoms with van der Waals surface area (Å²) < 4.78 is 37.3. The number of hydrogen-bond acceptors (Lipinski definition) is 2. The van der Waals surface area contributed by atoms with Gasteiger partial charge in [0.25, 0.3) is 5.03 Å². The summed E-state index contributed by atoms with van der Waals surface area (Å²) in [6, 6.07) is 4.20. The monoisotopic (exact) mass is 259 g/mol. The Morgan fingerprint density at radius 3 is 2.50 bits per heavy atom. The second-order valence-electron chi connectivity index (χ2n) is 2.30. The van der Waals surface area contributed by atoms with Crippen LogP contribution in [0.2, 0.25) is 0 Å². The fraction of sp³-hybridized carbons (Fsp3) is 0.286. The highest BCUT2D eigenvalue weighted by Gasteiger charge is 2.52. The lowest BCUT2D eigenvalue weighted by molar-refractivity contribution is 0.107. The summed E-state index contributed by atoms with van der Waals surface area (Å²) in [5, 5.41) is -3.94. The van der Waals surface area contributed by atoms with E-state index in [2.05, 4.69) is 4.98 Å². The fourth-order valence-corrected chi connectivity index (χ4v) is 1.96. The van der Waals surface area contributed by atoms with Crippen molar-refractivity contribution in [1.29, 1.82) is 0 Å². The summed E-state index contributed by atoms with van der Waals surface area (Å²) in [5.74, 6) is 0. The van der Waals surface area contributed by atoms with E-state index in [1.807, 2.05) is 0 Å². The Hall–Kier alpha value is -0.100. The smallest absolute Gasteiger partial charge is 0.443 e. The Morgan fingerprint density at radius 1 is 1.43 bits per heavy atom. The zero-order chi connectivity index (χ0) is 10.8. The molecule has 0 aliphatic heterocycles. The van der Waals surface area contributed by atoms with E-state index in [9.17, 15) is 13.3 Å². The molecule has 0 aliphatic carbocycles. The number of nitrogens with zero attached hydrogens (tertiary/aromatic N) is 1. The average Bonchev–Trinajstić information content (AvgIpc) is 2.17. The molecule has 1 atom stereocenters. The molecule has 14 heavy (non-hydrogen) atoms. The number of rotatable bonds is 3. The summed E-state index contributed by atoms with van der Waals surface area (Å²) >= 11 is 7.39. The normalized spacial score (nSPS) is 14.4. The fourth-order valence-electron chi connectivity index (χ4n) is 0.677. The lowest BCUT2D eigenvalue weighted by Gasteiger charge is -2.19. The van der Waals surface area contributed by atoms with E-state index in [-0.39, 0.29) is 5.03 Å². The molecular weight excluding hydrogens is 255 g/mol. The molecule has 0 bridgehead atoms. The van der Waals surface area contributed by atoms with Crippen LogP contribution in [0, 0.1) is 0 Å². The first-order valence-electron chi connectivity index (χ1n) is 3.45. The summed E-state index contributed by atoms with van der Waals surface area (Å²) in [7, 11) is 0. The molecule has 1 heterocycles. The van der Waals surface area contributed by atoms with Crippen LogP contribution in [0.4, 0.5) is 8.78 Å². The van der Waals surface area contributed by atoms with E-state index in [1.54, 1.807) is 0 Å². The minimum atomic E-state index is -3.70. The SMILES string of the molecule is [O-][S+](c1ccccn1)C(F)(F)C(Cl)Cl. The predicted octanol–water partition coefficient (Wildman–Crippen LogP) is 2.59. The van der Waals surface area contributed by atoms with Gasteiger partial charge in [0.05, 0.1) is 11.2 Å². The van der Waals surface area contributed by atoms with Gasteiger partial charge in [0.2, 0.25) is 4.84 Å². The van der Waals surface area contributed by atoms with Gasteiger partial charge in [0, 0.05) is 12.3 Å². The van der Waals surface area contributed by atoms with Crippen LogP contribution < -0.4 is 0 Å². The molecule has 7 heteroatoms. The third kappa shape index (κ3) is 2.48. The van der Waals surface area contributed by atoms with Crippen molar-refractivity contribution in [3.8, 4) is 0 Å². The number of alkyl halides is 4. The van der Waals surface area contributed by atoms with E-state index in [0.29, 0.717) is 0 Å². The van der Waals surface area contributed by atoms with E-state index in [0.717, 1.165) is 0 Å². The molecule has 1 aromatic heterocycles. The maximum absolute atomic E-state index is 13.0. The molecule has 0 radical (unpaired) electrons. The molecule has 0 saturated heterocycles. The molecule has 2 nitrogen and oxygen atoms in total. The Kier molecular flexibility index (Phi) is 3.94. The first kappa shape index (κ1) is 12.0. The number of hydrogen-bond donors (Lipinski definition) is 0. The first-order valence-corrected chi connectivity index (χ1v) is 5.47. The van der Waals surface area contributed by atoms with Crippen molar-refractivity contribution in [3.05, 3.63) is 24.4 Å². The van der Waals surface area contributed by atoms with Crippen LogP contribution in [0.1, 0.15) is 0 Å². The van der Waals surface area contributed by atoms with E-state index >= 15 is 0 Å². The predicted molar refractivity (Wildman–Crippen MR) is 51.1 cm³/mol.